The Morgan fingerprint density at radius 3 is 2.61 bits per heavy atom. The van der Waals surface area contributed by atoms with Crippen molar-refractivity contribution in [3.05, 3.63) is 41.6 Å². The minimum absolute atomic E-state index is 0.144. The lowest BCUT2D eigenvalue weighted by Crippen LogP contribution is -2.20. The Hall–Kier alpha value is -2.30. The first-order valence-corrected chi connectivity index (χ1v) is 5.69. The SMILES string of the molecule is O=C1C/C(=C/NCCc2ccc(O)cc2)C(=O)N1. The van der Waals surface area contributed by atoms with Gasteiger partial charge in [-0.3, -0.25) is 14.9 Å². The van der Waals surface area contributed by atoms with Crippen LogP contribution in [0.2, 0.25) is 0 Å². The van der Waals surface area contributed by atoms with Crippen molar-refractivity contribution in [1.29, 1.82) is 0 Å². The lowest BCUT2D eigenvalue weighted by Gasteiger charge is -2.02. The first-order valence-electron chi connectivity index (χ1n) is 5.69. The molecular weight excluding hydrogens is 232 g/mol. The second kappa shape index (κ2) is 5.35. The van der Waals surface area contributed by atoms with Gasteiger partial charge in [0.1, 0.15) is 5.75 Å². The topological polar surface area (TPSA) is 78.4 Å². The molecule has 0 aliphatic carbocycles. The summed E-state index contributed by atoms with van der Waals surface area (Å²) in [6.45, 7) is 0.662. The highest BCUT2D eigenvalue weighted by atomic mass is 16.3. The zero-order valence-electron chi connectivity index (χ0n) is 9.77. The van der Waals surface area contributed by atoms with Crippen molar-refractivity contribution in [1.82, 2.24) is 10.6 Å². The number of hydrogen-bond acceptors (Lipinski definition) is 4. The predicted molar refractivity (Wildman–Crippen MR) is 65.7 cm³/mol. The molecule has 5 heteroatoms. The molecular formula is C13H14N2O3. The summed E-state index contributed by atoms with van der Waals surface area (Å²) in [6, 6.07) is 6.96. The van der Waals surface area contributed by atoms with E-state index in [0.717, 1.165) is 12.0 Å². The maximum atomic E-state index is 11.2. The minimum atomic E-state index is -0.322. The molecule has 0 saturated carbocycles. The molecule has 2 rings (SSSR count). The third-order valence-corrected chi connectivity index (χ3v) is 2.67. The summed E-state index contributed by atoms with van der Waals surface area (Å²) in [7, 11) is 0. The molecule has 0 unspecified atom stereocenters. The summed E-state index contributed by atoms with van der Waals surface area (Å²) in [6.07, 6.45) is 2.51. The molecule has 1 saturated heterocycles. The molecule has 0 aromatic heterocycles. The molecule has 1 aromatic carbocycles. The number of imide groups is 1. The predicted octanol–water partition coefficient (Wildman–Crippen LogP) is 0.455. The average molecular weight is 246 g/mol. The van der Waals surface area contributed by atoms with Gasteiger partial charge in [0.05, 0.1) is 6.42 Å². The van der Waals surface area contributed by atoms with Crippen LogP contribution in [0, 0.1) is 0 Å². The van der Waals surface area contributed by atoms with E-state index in [0.29, 0.717) is 12.1 Å². The van der Waals surface area contributed by atoms with E-state index in [1.54, 1.807) is 18.3 Å². The van der Waals surface area contributed by atoms with Crippen LogP contribution >= 0.6 is 0 Å². The Morgan fingerprint density at radius 2 is 2.00 bits per heavy atom. The van der Waals surface area contributed by atoms with E-state index in [4.69, 9.17) is 5.11 Å². The number of amides is 2. The molecule has 3 N–H and O–H groups in total. The van der Waals surface area contributed by atoms with Crippen molar-refractivity contribution in [2.75, 3.05) is 6.54 Å². The van der Waals surface area contributed by atoms with Crippen molar-refractivity contribution in [3.8, 4) is 5.75 Å². The van der Waals surface area contributed by atoms with Crippen molar-refractivity contribution in [3.63, 3.8) is 0 Å². The number of aromatic hydroxyl groups is 1. The monoisotopic (exact) mass is 246 g/mol. The minimum Gasteiger partial charge on any atom is -0.508 e. The first-order chi connectivity index (χ1) is 8.65. The van der Waals surface area contributed by atoms with Gasteiger partial charge in [0.25, 0.3) is 5.91 Å². The van der Waals surface area contributed by atoms with Crippen LogP contribution in [-0.2, 0) is 16.0 Å². The number of phenolic OH excluding ortho intramolecular Hbond substituents is 1. The Labute approximate surface area is 105 Å². The van der Waals surface area contributed by atoms with Crippen LogP contribution in [0.4, 0.5) is 0 Å². The van der Waals surface area contributed by atoms with E-state index in [-0.39, 0.29) is 24.0 Å². The second-order valence-electron chi connectivity index (χ2n) is 4.09. The van der Waals surface area contributed by atoms with Gasteiger partial charge in [-0.25, -0.2) is 0 Å². The highest BCUT2D eigenvalue weighted by molar-refractivity contribution is 6.13. The first kappa shape index (κ1) is 12.2. The fraction of sp³-hybridized carbons (Fsp3) is 0.231. The van der Waals surface area contributed by atoms with Crippen LogP contribution in [-0.4, -0.2) is 23.5 Å². The summed E-state index contributed by atoms with van der Waals surface area (Å²) < 4.78 is 0. The van der Waals surface area contributed by atoms with Gasteiger partial charge >= 0.3 is 0 Å². The molecule has 5 nitrogen and oxygen atoms in total. The molecule has 0 radical (unpaired) electrons. The third kappa shape index (κ3) is 3.10. The zero-order valence-corrected chi connectivity index (χ0v) is 9.77. The fourth-order valence-corrected chi connectivity index (χ4v) is 1.70. The second-order valence-corrected chi connectivity index (χ2v) is 4.09. The number of carbonyl (C=O) groups excluding carboxylic acids is 2. The summed E-state index contributed by atoms with van der Waals surface area (Å²) in [5.74, 6) is -0.335. The fourth-order valence-electron chi connectivity index (χ4n) is 1.70. The Morgan fingerprint density at radius 1 is 1.28 bits per heavy atom. The van der Waals surface area contributed by atoms with Crippen molar-refractivity contribution in [2.45, 2.75) is 12.8 Å². The summed E-state index contributed by atoms with van der Waals surface area (Å²) in [5, 5.41) is 14.3. The number of rotatable bonds is 4. The molecule has 2 amide bonds. The Balaban J connectivity index is 1.79. The lowest BCUT2D eigenvalue weighted by molar-refractivity contribution is -0.124. The van der Waals surface area contributed by atoms with Crippen molar-refractivity contribution < 1.29 is 14.7 Å². The van der Waals surface area contributed by atoms with Gasteiger partial charge in [0, 0.05) is 18.3 Å². The van der Waals surface area contributed by atoms with E-state index in [9.17, 15) is 9.59 Å². The standard InChI is InChI=1S/C13H14N2O3/c16-11-3-1-9(2-4-11)5-6-14-8-10-7-12(17)15-13(10)18/h1-4,8,14,16H,5-7H2,(H,15,17,18)/b10-8-. The van der Waals surface area contributed by atoms with Crippen LogP contribution in [0.15, 0.2) is 36.0 Å². The van der Waals surface area contributed by atoms with E-state index in [2.05, 4.69) is 10.6 Å². The molecule has 1 aromatic rings. The summed E-state index contributed by atoms with van der Waals surface area (Å²) in [5.41, 5.74) is 1.55. The quantitative estimate of drug-likeness (QED) is 0.409. The van der Waals surface area contributed by atoms with E-state index < -0.39 is 0 Å². The smallest absolute Gasteiger partial charge is 0.255 e. The van der Waals surface area contributed by atoms with Gasteiger partial charge in [-0.2, -0.15) is 0 Å². The van der Waals surface area contributed by atoms with Crippen LogP contribution in [0.3, 0.4) is 0 Å². The molecule has 1 aliphatic rings. The maximum Gasteiger partial charge on any atom is 0.255 e. The van der Waals surface area contributed by atoms with Crippen molar-refractivity contribution in [2.24, 2.45) is 0 Å². The zero-order chi connectivity index (χ0) is 13.0. The highest BCUT2D eigenvalue weighted by Gasteiger charge is 2.23. The average Bonchev–Trinajstić information content (AvgIpc) is 2.66. The summed E-state index contributed by atoms with van der Waals surface area (Å²) in [4.78, 5) is 22.1. The van der Waals surface area contributed by atoms with Gasteiger partial charge in [-0.05, 0) is 24.1 Å². The van der Waals surface area contributed by atoms with Gasteiger partial charge < -0.3 is 10.4 Å². The van der Waals surface area contributed by atoms with E-state index in [1.165, 1.54) is 0 Å². The van der Waals surface area contributed by atoms with E-state index >= 15 is 0 Å². The molecule has 94 valence electrons. The van der Waals surface area contributed by atoms with Crippen molar-refractivity contribution >= 4 is 11.8 Å². The third-order valence-electron chi connectivity index (χ3n) is 2.67. The number of nitrogens with one attached hydrogen (secondary N) is 2. The number of hydrogen-bond donors (Lipinski definition) is 3. The normalized spacial score (nSPS) is 17.0. The lowest BCUT2D eigenvalue weighted by atomic mass is 10.1. The highest BCUT2D eigenvalue weighted by Crippen LogP contribution is 2.10. The van der Waals surface area contributed by atoms with Gasteiger partial charge in [0.15, 0.2) is 0 Å². The van der Waals surface area contributed by atoms with Crippen LogP contribution < -0.4 is 10.6 Å². The number of phenols is 1. The Bertz CT molecular complexity index is 491. The maximum absolute atomic E-state index is 11.2. The summed E-state index contributed by atoms with van der Waals surface area (Å²) >= 11 is 0. The molecule has 0 atom stereocenters. The van der Waals surface area contributed by atoms with E-state index in [1.807, 2.05) is 12.1 Å². The molecule has 1 fully saturated rings. The Kier molecular flexibility index (Phi) is 3.62. The van der Waals surface area contributed by atoms with Crippen LogP contribution in [0.5, 0.6) is 5.75 Å². The molecule has 18 heavy (non-hydrogen) atoms. The van der Waals surface area contributed by atoms with Crippen LogP contribution in [0.25, 0.3) is 0 Å². The number of benzene rings is 1. The molecule has 0 bridgehead atoms. The largest absolute Gasteiger partial charge is 0.508 e. The van der Waals surface area contributed by atoms with Crippen LogP contribution in [0.1, 0.15) is 12.0 Å². The number of carbonyl (C=O) groups is 2. The molecule has 0 spiro atoms. The van der Waals surface area contributed by atoms with Gasteiger partial charge in [0.2, 0.25) is 5.91 Å². The molecule has 1 aliphatic heterocycles. The van der Waals surface area contributed by atoms with Gasteiger partial charge in [-0.1, -0.05) is 12.1 Å². The van der Waals surface area contributed by atoms with Gasteiger partial charge in [-0.15, -0.1) is 0 Å². The molecule has 1 heterocycles.